The standard InChI is InChI=1S/C7H11N3O2S/c1-6-7(9-5-4-8-6)13(11,12)10(2)3/h4-5H,1-3H3. The highest BCUT2D eigenvalue weighted by molar-refractivity contribution is 7.89. The van der Waals surface area contributed by atoms with Crippen molar-refractivity contribution in [3.8, 4) is 0 Å². The third-order valence-corrected chi connectivity index (χ3v) is 3.41. The second-order valence-corrected chi connectivity index (χ2v) is 4.80. The molecule has 0 saturated carbocycles. The average Bonchev–Trinajstić information content (AvgIpc) is 2.04. The van der Waals surface area contributed by atoms with E-state index in [1.54, 1.807) is 6.92 Å². The van der Waals surface area contributed by atoms with Crippen LogP contribution in [0.5, 0.6) is 0 Å². The molecule has 0 aliphatic rings. The molecule has 0 bridgehead atoms. The number of sulfonamides is 1. The van der Waals surface area contributed by atoms with Gasteiger partial charge in [-0.2, -0.15) is 0 Å². The number of nitrogens with zero attached hydrogens (tertiary/aromatic N) is 3. The van der Waals surface area contributed by atoms with E-state index < -0.39 is 10.0 Å². The van der Waals surface area contributed by atoms with Crippen molar-refractivity contribution in [2.75, 3.05) is 14.1 Å². The van der Waals surface area contributed by atoms with Gasteiger partial charge in [0.25, 0.3) is 10.0 Å². The Bertz CT molecular complexity index is 400. The maximum absolute atomic E-state index is 11.6. The summed E-state index contributed by atoms with van der Waals surface area (Å²) in [6.07, 6.45) is 2.83. The number of aromatic nitrogens is 2. The molecule has 6 heteroatoms. The third kappa shape index (κ3) is 1.84. The van der Waals surface area contributed by atoms with Crippen molar-refractivity contribution in [2.45, 2.75) is 11.9 Å². The topological polar surface area (TPSA) is 63.2 Å². The Labute approximate surface area is 77.5 Å². The van der Waals surface area contributed by atoms with Crippen LogP contribution in [0.4, 0.5) is 0 Å². The van der Waals surface area contributed by atoms with E-state index in [1.165, 1.54) is 26.5 Å². The van der Waals surface area contributed by atoms with Gasteiger partial charge in [-0.3, -0.25) is 4.98 Å². The molecule has 0 aliphatic carbocycles. The summed E-state index contributed by atoms with van der Waals surface area (Å²) in [5.41, 5.74) is 0.413. The molecule has 0 amide bonds. The SMILES string of the molecule is Cc1nccnc1S(=O)(=O)N(C)C. The highest BCUT2D eigenvalue weighted by Crippen LogP contribution is 2.11. The highest BCUT2D eigenvalue weighted by Gasteiger charge is 2.21. The fraction of sp³-hybridized carbons (Fsp3) is 0.429. The Morgan fingerprint density at radius 3 is 2.23 bits per heavy atom. The van der Waals surface area contributed by atoms with Gasteiger partial charge < -0.3 is 0 Å². The van der Waals surface area contributed by atoms with E-state index in [-0.39, 0.29) is 5.03 Å². The summed E-state index contributed by atoms with van der Waals surface area (Å²) in [5.74, 6) is 0. The Morgan fingerprint density at radius 2 is 1.77 bits per heavy atom. The zero-order valence-corrected chi connectivity index (χ0v) is 8.54. The molecule has 0 aliphatic heterocycles. The lowest BCUT2D eigenvalue weighted by molar-refractivity contribution is 0.515. The van der Waals surface area contributed by atoms with Gasteiger partial charge in [0.2, 0.25) is 0 Å². The second kappa shape index (κ2) is 3.39. The summed E-state index contributed by atoms with van der Waals surface area (Å²) in [6.45, 7) is 1.61. The molecule has 5 nitrogen and oxygen atoms in total. The molecule has 0 saturated heterocycles. The van der Waals surface area contributed by atoms with Crippen LogP contribution in [0.15, 0.2) is 17.4 Å². The Hall–Kier alpha value is -1.01. The first kappa shape index (κ1) is 10.1. The minimum Gasteiger partial charge on any atom is -0.257 e. The van der Waals surface area contributed by atoms with Gasteiger partial charge in [0.1, 0.15) is 0 Å². The maximum atomic E-state index is 11.6. The lowest BCUT2D eigenvalue weighted by atomic mass is 10.5. The van der Waals surface area contributed by atoms with E-state index in [0.717, 1.165) is 4.31 Å². The molecule has 0 fully saturated rings. The van der Waals surface area contributed by atoms with Gasteiger partial charge in [-0.15, -0.1) is 0 Å². The quantitative estimate of drug-likeness (QED) is 0.677. The zero-order valence-electron chi connectivity index (χ0n) is 7.72. The van der Waals surface area contributed by atoms with Crippen LogP contribution in [-0.2, 0) is 10.0 Å². The Morgan fingerprint density at radius 1 is 1.23 bits per heavy atom. The molecule has 0 aromatic carbocycles. The van der Waals surface area contributed by atoms with Crippen molar-refractivity contribution in [3.63, 3.8) is 0 Å². The van der Waals surface area contributed by atoms with Crippen molar-refractivity contribution >= 4 is 10.0 Å². The number of hydrogen-bond donors (Lipinski definition) is 0. The molecule has 13 heavy (non-hydrogen) atoms. The van der Waals surface area contributed by atoms with Crippen molar-refractivity contribution in [1.29, 1.82) is 0 Å². The van der Waals surface area contributed by atoms with Crippen molar-refractivity contribution in [1.82, 2.24) is 14.3 Å². The minimum atomic E-state index is -3.45. The predicted molar refractivity (Wildman–Crippen MR) is 47.6 cm³/mol. The minimum absolute atomic E-state index is 0.0139. The van der Waals surface area contributed by atoms with Crippen LogP contribution in [0.25, 0.3) is 0 Å². The number of aryl methyl sites for hydroxylation is 1. The summed E-state index contributed by atoms with van der Waals surface area (Å²) in [5, 5.41) is 0.0139. The van der Waals surface area contributed by atoms with E-state index in [0.29, 0.717) is 5.69 Å². The fourth-order valence-electron chi connectivity index (χ4n) is 0.821. The first-order valence-electron chi connectivity index (χ1n) is 3.66. The van der Waals surface area contributed by atoms with Gasteiger partial charge in [0.15, 0.2) is 5.03 Å². The average molecular weight is 201 g/mol. The molecule has 1 aromatic heterocycles. The highest BCUT2D eigenvalue weighted by atomic mass is 32.2. The van der Waals surface area contributed by atoms with Crippen LogP contribution in [0, 0.1) is 6.92 Å². The largest absolute Gasteiger partial charge is 0.261 e. The molecule has 0 unspecified atom stereocenters. The van der Waals surface area contributed by atoms with E-state index in [9.17, 15) is 8.42 Å². The van der Waals surface area contributed by atoms with Crippen LogP contribution in [0.3, 0.4) is 0 Å². The van der Waals surface area contributed by atoms with Crippen molar-refractivity contribution in [3.05, 3.63) is 18.1 Å². The van der Waals surface area contributed by atoms with Gasteiger partial charge in [0, 0.05) is 26.5 Å². The van der Waals surface area contributed by atoms with Gasteiger partial charge in [0.05, 0.1) is 5.69 Å². The first-order chi connectivity index (χ1) is 5.96. The summed E-state index contributed by atoms with van der Waals surface area (Å²) in [7, 11) is -0.524. The van der Waals surface area contributed by atoms with E-state index >= 15 is 0 Å². The molecule has 0 N–H and O–H groups in total. The first-order valence-corrected chi connectivity index (χ1v) is 5.10. The van der Waals surface area contributed by atoms with Crippen LogP contribution in [0.2, 0.25) is 0 Å². The van der Waals surface area contributed by atoms with Crippen LogP contribution in [-0.4, -0.2) is 36.8 Å². The molecule has 0 radical (unpaired) electrons. The Balaban J connectivity index is 3.32. The van der Waals surface area contributed by atoms with E-state index in [4.69, 9.17) is 0 Å². The van der Waals surface area contributed by atoms with Crippen LogP contribution < -0.4 is 0 Å². The zero-order chi connectivity index (χ0) is 10.1. The molecular formula is C7H11N3O2S. The summed E-state index contributed by atoms with van der Waals surface area (Å²) in [4.78, 5) is 7.64. The third-order valence-electron chi connectivity index (χ3n) is 1.56. The molecule has 1 rings (SSSR count). The number of rotatable bonds is 2. The van der Waals surface area contributed by atoms with Crippen LogP contribution >= 0.6 is 0 Å². The van der Waals surface area contributed by atoms with Gasteiger partial charge >= 0.3 is 0 Å². The van der Waals surface area contributed by atoms with Gasteiger partial charge in [-0.25, -0.2) is 17.7 Å². The smallest absolute Gasteiger partial charge is 0.257 e. The number of hydrogen-bond acceptors (Lipinski definition) is 4. The predicted octanol–water partition coefficient (Wildman–Crippen LogP) is 0.0353. The summed E-state index contributed by atoms with van der Waals surface area (Å²) < 4.78 is 24.3. The molecular weight excluding hydrogens is 190 g/mol. The van der Waals surface area contributed by atoms with Crippen molar-refractivity contribution in [2.24, 2.45) is 0 Å². The van der Waals surface area contributed by atoms with Crippen molar-refractivity contribution < 1.29 is 8.42 Å². The van der Waals surface area contributed by atoms with Gasteiger partial charge in [-0.05, 0) is 6.92 Å². The molecule has 0 atom stereocenters. The van der Waals surface area contributed by atoms with Gasteiger partial charge in [-0.1, -0.05) is 0 Å². The fourth-order valence-corrected chi connectivity index (χ4v) is 1.79. The molecule has 1 aromatic rings. The molecule has 1 heterocycles. The van der Waals surface area contributed by atoms with E-state index in [2.05, 4.69) is 9.97 Å². The second-order valence-electron chi connectivity index (χ2n) is 2.73. The normalized spacial score (nSPS) is 12.0. The summed E-state index contributed by atoms with van der Waals surface area (Å²) in [6, 6.07) is 0. The monoisotopic (exact) mass is 201 g/mol. The Kier molecular flexibility index (Phi) is 2.63. The van der Waals surface area contributed by atoms with E-state index in [1.807, 2.05) is 0 Å². The lowest BCUT2D eigenvalue weighted by Gasteiger charge is -2.10. The maximum Gasteiger partial charge on any atom is 0.261 e. The van der Waals surface area contributed by atoms with Crippen LogP contribution in [0.1, 0.15) is 5.69 Å². The lowest BCUT2D eigenvalue weighted by Crippen LogP contribution is -2.24. The summed E-state index contributed by atoms with van der Waals surface area (Å²) >= 11 is 0. The molecule has 72 valence electrons. The molecule has 0 spiro atoms.